The Morgan fingerprint density at radius 1 is 1.14 bits per heavy atom. The van der Waals surface area contributed by atoms with Crippen molar-refractivity contribution in [2.75, 3.05) is 19.8 Å². The van der Waals surface area contributed by atoms with E-state index in [4.69, 9.17) is 18.9 Å². The summed E-state index contributed by atoms with van der Waals surface area (Å²) in [5, 5.41) is 10.2. The van der Waals surface area contributed by atoms with E-state index in [2.05, 4.69) is 52.8 Å². The Morgan fingerprint density at radius 3 is 2.51 bits per heavy atom. The Morgan fingerprint density at radius 2 is 1.89 bits per heavy atom. The molecule has 0 bridgehead atoms. The van der Waals surface area contributed by atoms with Gasteiger partial charge >= 0.3 is 0 Å². The number of ether oxygens (including phenoxy) is 4. The SMILES string of the molecule is CCCCO[C@@H](CO)[C@@H](OC1COC(c2ccccc2)O[C@H]1C)Sc1cc(C(C)(C)C)ccc1C. The summed E-state index contributed by atoms with van der Waals surface area (Å²) in [4.78, 5) is 1.13. The molecule has 5 nitrogen and oxygen atoms in total. The first-order valence-corrected chi connectivity index (χ1v) is 13.6. The summed E-state index contributed by atoms with van der Waals surface area (Å²) in [6.07, 6.45) is 0.667. The van der Waals surface area contributed by atoms with Crippen molar-refractivity contribution in [2.24, 2.45) is 0 Å². The van der Waals surface area contributed by atoms with Gasteiger partial charge in [0.15, 0.2) is 6.29 Å². The van der Waals surface area contributed by atoms with Crippen LogP contribution in [0.4, 0.5) is 0 Å². The predicted molar refractivity (Wildman–Crippen MR) is 142 cm³/mol. The summed E-state index contributed by atoms with van der Waals surface area (Å²) in [6, 6.07) is 16.5. The standard InChI is InChI=1S/C29H42O5S/c1-7-8-16-31-24(18-30)28(35-26-17-23(29(4,5)6)15-14-20(26)2)34-25-19-32-27(33-21(25)3)22-12-10-9-11-13-22/h9-15,17,21,24-25,27-28,30H,7-8,16,18-19H2,1-6H3/t21-,24-,25?,27?,28-/m0/s1. The molecule has 0 aromatic heterocycles. The highest BCUT2D eigenvalue weighted by molar-refractivity contribution is 7.99. The molecule has 1 fully saturated rings. The van der Waals surface area contributed by atoms with E-state index in [1.165, 1.54) is 11.1 Å². The van der Waals surface area contributed by atoms with Crippen LogP contribution in [0.1, 0.15) is 70.4 Å². The van der Waals surface area contributed by atoms with Gasteiger partial charge in [0.1, 0.15) is 17.6 Å². The van der Waals surface area contributed by atoms with E-state index in [0.717, 1.165) is 23.3 Å². The van der Waals surface area contributed by atoms with Crippen LogP contribution in [0, 0.1) is 6.92 Å². The number of rotatable bonds is 11. The van der Waals surface area contributed by atoms with E-state index in [0.29, 0.717) is 13.2 Å². The van der Waals surface area contributed by atoms with Gasteiger partial charge in [-0.25, -0.2) is 0 Å². The first kappa shape index (κ1) is 28.2. The summed E-state index contributed by atoms with van der Waals surface area (Å²) >= 11 is 1.61. The highest BCUT2D eigenvalue weighted by atomic mass is 32.2. The van der Waals surface area contributed by atoms with Gasteiger partial charge in [-0.3, -0.25) is 0 Å². The topological polar surface area (TPSA) is 57.2 Å². The molecule has 0 aliphatic carbocycles. The van der Waals surface area contributed by atoms with Gasteiger partial charge in [-0.05, 0) is 42.9 Å². The van der Waals surface area contributed by atoms with E-state index >= 15 is 0 Å². The Labute approximate surface area is 215 Å². The Kier molecular flexibility index (Phi) is 10.6. The molecule has 0 saturated carbocycles. The van der Waals surface area contributed by atoms with Gasteiger partial charge in [0.25, 0.3) is 0 Å². The van der Waals surface area contributed by atoms with E-state index < -0.39 is 17.8 Å². The molecule has 5 atom stereocenters. The fraction of sp³-hybridized carbons (Fsp3) is 0.586. The van der Waals surface area contributed by atoms with Gasteiger partial charge in [0, 0.05) is 17.1 Å². The quantitative estimate of drug-likeness (QED) is 0.218. The largest absolute Gasteiger partial charge is 0.394 e. The lowest BCUT2D eigenvalue weighted by molar-refractivity contribution is -0.267. The zero-order valence-corrected chi connectivity index (χ0v) is 22.8. The summed E-state index contributed by atoms with van der Waals surface area (Å²) in [5.74, 6) is 0. The second kappa shape index (κ2) is 13.2. The minimum Gasteiger partial charge on any atom is -0.394 e. The normalized spacial score (nSPS) is 22.7. The molecule has 1 saturated heterocycles. The third kappa shape index (κ3) is 8.04. The molecule has 0 spiro atoms. The molecule has 2 unspecified atom stereocenters. The number of hydrogen-bond acceptors (Lipinski definition) is 6. The van der Waals surface area contributed by atoms with Crippen molar-refractivity contribution in [3.8, 4) is 0 Å². The second-order valence-electron chi connectivity index (χ2n) is 10.3. The first-order chi connectivity index (χ1) is 16.7. The Bertz CT molecular complexity index is 898. The number of aryl methyl sites for hydroxylation is 1. The third-order valence-electron chi connectivity index (χ3n) is 6.26. The van der Waals surface area contributed by atoms with E-state index in [-0.39, 0.29) is 24.2 Å². The smallest absolute Gasteiger partial charge is 0.184 e. The molecule has 0 radical (unpaired) electrons. The molecule has 1 heterocycles. The van der Waals surface area contributed by atoms with E-state index in [9.17, 15) is 5.11 Å². The maximum absolute atomic E-state index is 10.2. The first-order valence-electron chi connectivity index (χ1n) is 12.7. The summed E-state index contributed by atoms with van der Waals surface area (Å²) in [6.45, 7) is 13.8. The van der Waals surface area contributed by atoms with Gasteiger partial charge < -0.3 is 24.1 Å². The van der Waals surface area contributed by atoms with Gasteiger partial charge in [0.05, 0.1) is 19.3 Å². The van der Waals surface area contributed by atoms with Crippen LogP contribution in [-0.4, -0.2) is 48.7 Å². The maximum Gasteiger partial charge on any atom is 0.184 e. The van der Waals surface area contributed by atoms with Crippen molar-refractivity contribution in [1.82, 2.24) is 0 Å². The predicted octanol–water partition coefficient (Wildman–Crippen LogP) is 6.41. The van der Waals surface area contributed by atoms with Crippen LogP contribution in [0.3, 0.4) is 0 Å². The summed E-state index contributed by atoms with van der Waals surface area (Å²) in [5.41, 5.74) is 3.07. The number of unbranched alkanes of at least 4 members (excludes halogenated alkanes) is 1. The Hall–Kier alpha value is -1.41. The number of aliphatic hydroxyl groups is 1. The van der Waals surface area contributed by atoms with Gasteiger partial charge in [-0.1, -0.05) is 88.3 Å². The molecule has 3 rings (SSSR count). The minimum absolute atomic E-state index is 0.0411. The molecule has 194 valence electrons. The number of aliphatic hydroxyl groups excluding tert-OH is 1. The monoisotopic (exact) mass is 502 g/mol. The van der Waals surface area contributed by atoms with Crippen molar-refractivity contribution < 1.29 is 24.1 Å². The summed E-state index contributed by atoms with van der Waals surface area (Å²) < 4.78 is 24.9. The van der Waals surface area contributed by atoms with Crippen LogP contribution in [0.5, 0.6) is 0 Å². The van der Waals surface area contributed by atoms with Crippen LogP contribution >= 0.6 is 11.8 Å². The van der Waals surface area contributed by atoms with Gasteiger partial charge in [-0.2, -0.15) is 0 Å². The van der Waals surface area contributed by atoms with Gasteiger partial charge in [-0.15, -0.1) is 0 Å². The van der Waals surface area contributed by atoms with Crippen LogP contribution in [0.25, 0.3) is 0 Å². The van der Waals surface area contributed by atoms with Crippen LogP contribution < -0.4 is 0 Å². The van der Waals surface area contributed by atoms with Crippen LogP contribution in [-0.2, 0) is 24.4 Å². The van der Waals surface area contributed by atoms with Crippen molar-refractivity contribution in [1.29, 1.82) is 0 Å². The molecule has 2 aromatic rings. The van der Waals surface area contributed by atoms with Crippen molar-refractivity contribution in [3.63, 3.8) is 0 Å². The van der Waals surface area contributed by atoms with Crippen LogP contribution in [0.15, 0.2) is 53.4 Å². The van der Waals surface area contributed by atoms with Gasteiger partial charge in [0.2, 0.25) is 0 Å². The zero-order valence-electron chi connectivity index (χ0n) is 22.0. The van der Waals surface area contributed by atoms with Crippen molar-refractivity contribution in [3.05, 3.63) is 65.2 Å². The van der Waals surface area contributed by atoms with E-state index in [1.807, 2.05) is 37.3 Å². The van der Waals surface area contributed by atoms with Crippen molar-refractivity contribution in [2.45, 2.75) is 94.7 Å². The highest BCUT2D eigenvalue weighted by Crippen LogP contribution is 2.36. The Balaban J connectivity index is 1.77. The molecular weight excluding hydrogens is 460 g/mol. The summed E-state index contributed by atoms with van der Waals surface area (Å²) in [7, 11) is 0. The lowest BCUT2D eigenvalue weighted by atomic mass is 9.87. The molecule has 1 aliphatic rings. The highest BCUT2D eigenvalue weighted by Gasteiger charge is 2.35. The molecule has 6 heteroatoms. The zero-order chi connectivity index (χ0) is 25.4. The molecular formula is C29H42O5S. The molecule has 1 N–H and O–H groups in total. The molecule has 35 heavy (non-hydrogen) atoms. The van der Waals surface area contributed by atoms with Crippen LogP contribution in [0.2, 0.25) is 0 Å². The fourth-order valence-electron chi connectivity index (χ4n) is 3.85. The lowest BCUT2D eigenvalue weighted by Gasteiger charge is -2.38. The average molecular weight is 503 g/mol. The third-order valence-corrected chi connectivity index (χ3v) is 7.61. The second-order valence-corrected chi connectivity index (χ2v) is 11.4. The lowest BCUT2D eigenvalue weighted by Crippen LogP contribution is -2.45. The molecule has 2 aromatic carbocycles. The molecule has 1 aliphatic heterocycles. The number of benzene rings is 2. The maximum atomic E-state index is 10.2. The van der Waals surface area contributed by atoms with E-state index in [1.54, 1.807) is 11.8 Å². The fourth-order valence-corrected chi connectivity index (χ4v) is 5.07. The average Bonchev–Trinajstić information content (AvgIpc) is 2.84. The number of hydrogen-bond donors (Lipinski definition) is 1. The number of thioether (sulfide) groups is 1. The van der Waals surface area contributed by atoms with Crippen molar-refractivity contribution >= 4 is 11.8 Å². The minimum atomic E-state index is -0.455. The molecule has 0 amide bonds.